The van der Waals surface area contributed by atoms with Gasteiger partial charge in [0.25, 0.3) is 0 Å². The number of benzene rings is 1. The average Bonchev–Trinajstić information content (AvgIpc) is 2.80. The molecule has 7 heteroatoms. The van der Waals surface area contributed by atoms with E-state index in [-0.39, 0.29) is 24.4 Å². The minimum absolute atomic E-state index is 0.266. The van der Waals surface area contributed by atoms with Crippen LogP contribution in [0.25, 0.3) is 0 Å². The Hall–Kier alpha value is -3.01. The Morgan fingerprint density at radius 2 is 1.72 bits per heavy atom. The molecule has 1 aromatic carbocycles. The van der Waals surface area contributed by atoms with Crippen molar-refractivity contribution in [2.24, 2.45) is 5.92 Å². The molecule has 0 aliphatic carbocycles. The van der Waals surface area contributed by atoms with Crippen molar-refractivity contribution in [1.82, 2.24) is 15.5 Å². The summed E-state index contributed by atoms with van der Waals surface area (Å²) in [5.41, 5.74) is 0.458. The summed E-state index contributed by atoms with van der Waals surface area (Å²) in [6.45, 7) is 13.8. The molecule has 1 rings (SSSR count). The molecular formula is C29H45N3O4. The molecule has 0 radical (unpaired) electrons. The van der Waals surface area contributed by atoms with E-state index >= 15 is 0 Å². The van der Waals surface area contributed by atoms with E-state index in [0.717, 1.165) is 25.7 Å². The van der Waals surface area contributed by atoms with Gasteiger partial charge >= 0.3 is 6.09 Å². The molecule has 0 bridgehead atoms. The van der Waals surface area contributed by atoms with Crippen LogP contribution in [0.4, 0.5) is 4.79 Å². The first-order chi connectivity index (χ1) is 16.9. The van der Waals surface area contributed by atoms with Crippen molar-refractivity contribution in [1.29, 1.82) is 0 Å². The van der Waals surface area contributed by atoms with Crippen molar-refractivity contribution in [3.05, 3.63) is 35.4 Å². The van der Waals surface area contributed by atoms with E-state index in [1.54, 1.807) is 37.8 Å². The van der Waals surface area contributed by atoms with Gasteiger partial charge in [-0.05, 0) is 64.5 Å². The molecule has 0 saturated carbocycles. The summed E-state index contributed by atoms with van der Waals surface area (Å²) in [5.74, 6) is 2.43. The zero-order valence-corrected chi connectivity index (χ0v) is 23.1. The number of alkyl carbamates (subject to hydrolysis) is 1. The standard InChI is InChI=1S/C29H45N3O4/c1-9-11-14-19-30-27(34)26(24-16-13-12-15-23(24)10-2)32(22(5)18-17-21(3)4)25(33)20-31-28(35)36-29(6,7)8/h2,12-13,15-16,21-22,26H,9,11,14,17-20H2,1,3-8H3,(H,30,34)(H,31,35). The van der Waals surface area contributed by atoms with Gasteiger partial charge in [-0.15, -0.1) is 6.42 Å². The third-order valence-electron chi connectivity index (χ3n) is 5.72. The summed E-state index contributed by atoms with van der Waals surface area (Å²) >= 11 is 0. The van der Waals surface area contributed by atoms with Crippen LogP contribution < -0.4 is 10.6 Å². The largest absolute Gasteiger partial charge is 0.444 e. The number of rotatable bonds is 13. The number of nitrogens with one attached hydrogen (secondary N) is 2. The summed E-state index contributed by atoms with van der Waals surface area (Å²) in [7, 11) is 0. The van der Waals surface area contributed by atoms with E-state index in [1.807, 2.05) is 19.1 Å². The van der Waals surface area contributed by atoms with Crippen LogP contribution in [0, 0.1) is 18.3 Å². The molecule has 36 heavy (non-hydrogen) atoms. The second-order valence-electron chi connectivity index (χ2n) is 10.6. The molecule has 0 spiro atoms. The molecular weight excluding hydrogens is 454 g/mol. The first kappa shape index (κ1) is 31.0. The van der Waals surface area contributed by atoms with Gasteiger partial charge in [0.2, 0.25) is 11.8 Å². The number of ether oxygens (including phenoxy) is 1. The van der Waals surface area contributed by atoms with Crippen molar-refractivity contribution in [3.8, 4) is 12.3 Å². The smallest absolute Gasteiger partial charge is 0.408 e. The molecule has 2 N–H and O–H groups in total. The quantitative estimate of drug-likeness (QED) is 0.289. The van der Waals surface area contributed by atoms with Gasteiger partial charge in [-0.3, -0.25) is 9.59 Å². The SMILES string of the molecule is C#Cc1ccccc1C(C(=O)NCCCCC)N(C(=O)CNC(=O)OC(C)(C)C)C(C)CCC(C)C. The molecule has 0 heterocycles. The van der Waals surface area contributed by atoms with Crippen LogP contribution in [0.2, 0.25) is 0 Å². The van der Waals surface area contributed by atoms with Gasteiger partial charge in [-0.1, -0.05) is 57.7 Å². The fourth-order valence-corrected chi connectivity index (χ4v) is 3.88. The Morgan fingerprint density at radius 1 is 1.06 bits per heavy atom. The number of amides is 3. The van der Waals surface area contributed by atoms with E-state index < -0.39 is 17.7 Å². The highest BCUT2D eigenvalue weighted by Crippen LogP contribution is 2.28. The number of hydrogen-bond acceptors (Lipinski definition) is 4. The van der Waals surface area contributed by atoms with Crippen molar-refractivity contribution in [2.75, 3.05) is 13.1 Å². The molecule has 0 aliphatic heterocycles. The zero-order valence-electron chi connectivity index (χ0n) is 23.1. The van der Waals surface area contributed by atoms with Crippen LogP contribution in [0.15, 0.2) is 24.3 Å². The van der Waals surface area contributed by atoms with Crippen LogP contribution in [-0.2, 0) is 14.3 Å². The van der Waals surface area contributed by atoms with Crippen LogP contribution in [0.5, 0.6) is 0 Å². The van der Waals surface area contributed by atoms with Crippen molar-refractivity contribution < 1.29 is 19.1 Å². The lowest BCUT2D eigenvalue weighted by molar-refractivity contribution is -0.142. The molecule has 0 aliphatic rings. The minimum Gasteiger partial charge on any atom is -0.444 e. The highest BCUT2D eigenvalue weighted by atomic mass is 16.6. The molecule has 2 unspecified atom stereocenters. The highest BCUT2D eigenvalue weighted by Gasteiger charge is 2.36. The molecule has 0 aromatic heterocycles. The predicted octanol–water partition coefficient (Wildman–Crippen LogP) is 5.19. The van der Waals surface area contributed by atoms with E-state index in [9.17, 15) is 14.4 Å². The van der Waals surface area contributed by atoms with Gasteiger partial charge in [0, 0.05) is 18.2 Å². The second-order valence-corrected chi connectivity index (χ2v) is 10.6. The monoisotopic (exact) mass is 499 g/mol. The normalized spacial score (nSPS) is 12.9. The number of nitrogens with zero attached hydrogens (tertiary/aromatic N) is 1. The Morgan fingerprint density at radius 3 is 2.31 bits per heavy atom. The third-order valence-corrected chi connectivity index (χ3v) is 5.72. The van der Waals surface area contributed by atoms with Gasteiger partial charge in [0.1, 0.15) is 18.2 Å². The maximum Gasteiger partial charge on any atom is 0.408 e. The number of carbonyl (C=O) groups excluding carboxylic acids is 3. The molecule has 200 valence electrons. The van der Waals surface area contributed by atoms with Crippen molar-refractivity contribution in [2.45, 2.75) is 98.3 Å². The summed E-state index contributed by atoms with van der Waals surface area (Å²) < 4.78 is 5.29. The van der Waals surface area contributed by atoms with Gasteiger partial charge < -0.3 is 20.3 Å². The Bertz CT molecular complexity index is 899. The fourth-order valence-electron chi connectivity index (χ4n) is 3.88. The first-order valence-electron chi connectivity index (χ1n) is 13.0. The molecule has 2 atom stereocenters. The van der Waals surface area contributed by atoms with Gasteiger partial charge in [0.15, 0.2) is 0 Å². The van der Waals surface area contributed by atoms with Gasteiger partial charge in [-0.25, -0.2) is 4.79 Å². The second kappa shape index (κ2) is 15.2. The summed E-state index contributed by atoms with van der Waals surface area (Å²) in [4.78, 5) is 41.0. The first-order valence-corrected chi connectivity index (χ1v) is 13.0. The molecule has 1 aromatic rings. The topological polar surface area (TPSA) is 87.7 Å². The van der Waals surface area contributed by atoms with Gasteiger partial charge in [-0.2, -0.15) is 0 Å². The Balaban J connectivity index is 3.37. The number of hydrogen-bond donors (Lipinski definition) is 2. The Labute approximate surface area is 217 Å². The van der Waals surface area contributed by atoms with Crippen molar-refractivity contribution >= 4 is 17.9 Å². The number of terminal acetylenes is 1. The lowest BCUT2D eigenvalue weighted by Gasteiger charge is -2.37. The van der Waals surface area contributed by atoms with Crippen LogP contribution >= 0.6 is 0 Å². The maximum absolute atomic E-state index is 13.6. The van der Waals surface area contributed by atoms with E-state index in [2.05, 4.69) is 37.3 Å². The maximum atomic E-state index is 13.6. The predicted molar refractivity (Wildman–Crippen MR) is 144 cm³/mol. The number of carbonyl (C=O) groups is 3. The molecule has 7 nitrogen and oxygen atoms in total. The van der Waals surface area contributed by atoms with E-state index in [1.165, 1.54) is 0 Å². The van der Waals surface area contributed by atoms with Crippen LogP contribution in [0.1, 0.15) is 97.7 Å². The van der Waals surface area contributed by atoms with Crippen molar-refractivity contribution in [3.63, 3.8) is 0 Å². The zero-order chi connectivity index (χ0) is 27.3. The third kappa shape index (κ3) is 10.7. The molecule has 3 amide bonds. The summed E-state index contributed by atoms with van der Waals surface area (Å²) in [6.07, 6.45) is 9.56. The molecule has 0 saturated heterocycles. The fraction of sp³-hybridized carbons (Fsp3) is 0.621. The van der Waals surface area contributed by atoms with Gasteiger partial charge in [0.05, 0.1) is 0 Å². The average molecular weight is 500 g/mol. The van der Waals surface area contributed by atoms with E-state index in [0.29, 0.717) is 30.0 Å². The highest BCUT2D eigenvalue weighted by molar-refractivity contribution is 5.91. The molecule has 0 fully saturated rings. The lowest BCUT2D eigenvalue weighted by atomic mass is 9.95. The lowest BCUT2D eigenvalue weighted by Crippen LogP contribution is -2.51. The van der Waals surface area contributed by atoms with Crippen LogP contribution in [-0.4, -0.2) is 47.5 Å². The van der Waals surface area contributed by atoms with E-state index in [4.69, 9.17) is 11.2 Å². The summed E-state index contributed by atoms with van der Waals surface area (Å²) in [6, 6.07) is 6.00. The van der Waals surface area contributed by atoms with Crippen LogP contribution in [0.3, 0.4) is 0 Å². The number of unbranched alkanes of at least 4 members (excludes halogenated alkanes) is 2. The minimum atomic E-state index is -0.922. The summed E-state index contributed by atoms with van der Waals surface area (Å²) in [5, 5.41) is 5.55. The Kier molecular flexibility index (Phi) is 13.1.